The molecule has 2 rings (SSSR count). The van der Waals surface area contributed by atoms with Crippen molar-refractivity contribution >= 4 is 28.1 Å². The van der Waals surface area contributed by atoms with Crippen LogP contribution in [0.4, 0.5) is 5.69 Å². The number of nitro groups is 1. The van der Waals surface area contributed by atoms with Crippen LogP contribution in [0.25, 0.3) is 0 Å². The first-order valence-electron chi connectivity index (χ1n) is 7.21. The Morgan fingerprint density at radius 3 is 2.57 bits per heavy atom. The molecule has 23 heavy (non-hydrogen) atoms. The lowest BCUT2D eigenvalue weighted by Crippen LogP contribution is -2.50. The van der Waals surface area contributed by atoms with Gasteiger partial charge in [-0.05, 0) is 43.9 Å². The molecular weight excluding hydrogens is 342 g/mol. The summed E-state index contributed by atoms with van der Waals surface area (Å²) in [5.41, 5.74) is 0.914. The Hall–Kier alpha value is -1.22. The van der Waals surface area contributed by atoms with E-state index in [-0.39, 0.29) is 34.9 Å². The first kappa shape index (κ1) is 19.8. The molecule has 2 atom stereocenters. The summed E-state index contributed by atoms with van der Waals surface area (Å²) in [5.74, 6) is 0.219. The van der Waals surface area contributed by atoms with Crippen molar-refractivity contribution in [2.75, 3.05) is 13.1 Å². The highest BCUT2D eigenvalue weighted by atomic mass is 35.5. The van der Waals surface area contributed by atoms with Crippen LogP contribution in [0.15, 0.2) is 17.0 Å². The minimum atomic E-state index is -3.80. The van der Waals surface area contributed by atoms with E-state index in [0.29, 0.717) is 17.7 Å². The van der Waals surface area contributed by atoms with Gasteiger partial charge in [-0.15, -0.1) is 12.4 Å². The molecule has 0 aromatic heterocycles. The van der Waals surface area contributed by atoms with Crippen LogP contribution in [0.3, 0.4) is 0 Å². The van der Waals surface area contributed by atoms with Crippen LogP contribution in [-0.2, 0) is 10.0 Å². The summed E-state index contributed by atoms with van der Waals surface area (Å²) in [6, 6.07) is 2.31. The summed E-state index contributed by atoms with van der Waals surface area (Å²) in [7, 11) is -3.80. The molecule has 1 aliphatic heterocycles. The van der Waals surface area contributed by atoms with E-state index in [1.54, 1.807) is 13.8 Å². The van der Waals surface area contributed by atoms with Crippen LogP contribution >= 0.6 is 12.4 Å². The molecule has 0 saturated carbocycles. The smallest absolute Gasteiger partial charge is 0.271 e. The van der Waals surface area contributed by atoms with E-state index < -0.39 is 14.9 Å². The minimum Gasteiger partial charge on any atom is -0.315 e. The van der Waals surface area contributed by atoms with Crippen molar-refractivity contribution in [3.63, 3.8) is 0 Å². The molecule has 1 saturated heterocycles. The number of benzene rings is 1. The molecule has 1 aliphatic rings. The fourth-order valence-electron chi connectivity index (χ4n) is 2.60. The molecule has 9 heteroatoms. The first-order valence-corrected chi connectivity index (χ1v) is 8.69. The number of nitrogens with one attached hydrogen (secondary N) is 2. The third-order valence-electron chi connectivity index (χ3n) is 4.24. The third-order valence-corrected chi connectivity index (χ3v) is 5.86. The van der Waals surface area contributed by atoms with Gasteiger partial charge in [-0.1, -0.05) is 6.92 Å². The quantitative estimate of drug-likeness (QED) is 0.628. The monoisotopic (exact) mass is 363 g/mol. The number of non-ortho nitro benzene ring substituents is 1. The number of aryl methyl sites for hydroxylation is 1. The van der Waals surface area contributed by atoms with Gasteiger partial charge in [0.2, 0.25) is 10.0 Å². The van der Waals surface area contributed by atoms with Gasteiger partial charge >= 0.3 is 0 Å². The second-order valence-corrected chi connectivity index (χ2v) is 7.52. The van der Waals surface area contributed by atoms with Crippen LogP contribution in [0.1, 0.15) is 24.5 Å². The van der Waals surface area contributed by atoms with E-state index >= 15 is 0 Å². The molecule has 2 unspecified atom stereocenters. The molecule has 130 valence electrons. The van der Waals surface area contributed by atoms with Crippen molar-refractivity contribution in [1.29, 1.82) is 0 Å². The molecular formula is C14H22ClN3O4S. The lowest BCUT2D eigenvalue weighted by atomic mass is 9.96. The highest BCUT2D eigenvalue weighted by Crippen LogP contribution is 2.26. The summed E-state index contributed by atoms with van der Waals surface area (Å²) in [6.45, 7) is 6.77. The van der Waals surface area contributed by atoms with Gasteiger partial charge in [-0.3, -0.25) is 10.1 Å². The molecule has 0 aliphatic carbocycles. The van der Waals surface area contributed by atoms with Crippen LogP contribution in [0, 0.1) is 29.9 Å². The summed E-state index contributed by atoms with van der Waals surface area (Å²) in [4.78, 5) is 10.4. The number of hydrogen-bond donors (Lipinski definition) is 2. The van der Waals surface area contributed by atoms with Crippen molar-refractivity contribution < 1.29 is 13.3 Å². The number of sulfonamides is 1. The second-order valence-electron chi connectivity index (χ2n) is 5.84. The number of nitrogens with zero attached hydrogens (tertiary/aromatic N) is 1. The summed E-state index contributed by atoms with van der Waals surface area (Å²) < 4.78 is 27.9. The summed E-state index contributed by atoms with van der Waals surface area (Å²) in [6.07, 6.45) is 0.889. The van der Waals surface area contributed by atoms with E-state index in [4.69, 9.17) is 0 Å². The topological polar surface area (TPSA) is 101 Å². The lowest BCUT2D eigenvalue weighted by Gasteiger charge is -2.30. The van der Waals surface area contributed by atoms with Crippen molar-refractivity contribution in [2.45, 2.75) is 38.1 Å². The molecule has 2 N–H and O–H groups in total. The standard InChI is InChI=1S/C14H21N3O4S.ClH/c1-9-4-5-15-8-13(9)16-22(20,21)14-7-12(17(18)19)6-10(2)11(14)3;/h6-7,9,13,15-16H,4-5,8H2,1-3H3;1H. The SMILES string of the molecule is Cc1cc([N+](=O)[O-])cc(S(=O)(=O)NC2CNCCC2C)c1C.Cl. The third kappa shape index (κ3) is 4.41. The molecule has 1 aromatic rings. The molecule has 1 aromatic carbocycles. The highest BCUT2D eigenvalue weighted by molar-refractivity contribution is 7.89. The van der Waals surface area contributed by atoms with Crippen LogP contribution in [0.2, 0.25) is 0 Å². The van der Waals surface area contributed by atoms with E-state index in [0.717, 1.165) is 19.0 Å². The minimum absolute atomic E-state index is 0. The average Bonchev–Trinajstić information content (AvgIpc) is 2.43. The maximum absolute atomic E-state index is 12.6. The van der Waals surface area contributed by atoms with Crippen molar-refractivity contribution in [3.05, 3.63) is 33.4 Å². The zero-order valence-electron chi connectivity index (χ0n) is 13.3. The van der Waals surface area contributed by atoms with Crippen molar-refractivity contribution in [3.8, 4) is 0 Å². The van der Waals surface area contributed by atoms with Crippen molar-refractivity contribution in [2.24, 2.45) is 5.92 Å². The van der Waals surface area contributed by atoms with E-state index in [9.17, 15) is 18.5 Å². The fourth-order valence-corrected chi connectivity index (χ4v) is 4.28. The van der Waals surface area contributed by atoms with Crippen LogP contribution < -0.4 is 10.0 Å². The predicted octanol–water partition coefficient (Wildman–Crippen LogP) is 1.91. The number of piperidine rings is 1. The Morgan fingerprint density at radius 1 is 1.35 bits per heavy atom. The normalized spacial score (nSPS) is 21.5. The highest BCUT2D eigenvalue weighted by Gasteiger charge is 2.29. The molecule has 0 bridgehead atoms. The van der Waals surface area contributed by atoms with Gasteiger partial charge in [0.15, 0.2) is 0 Å². The van der Waals surface area contributed by atoms with Crippen LogP contribution in [-0.4, -0.2) is 32.5 Å². The molecule has 0 spiro atoms. The fraction of sp³-hybridized carbons (Fsp3) is 0.571. The van der Waals surface area contributed by atoms with E-state index in [2.05, 4.69) is 10.0 Å². The van der Waals surface area contributed by atoms with E-state index in [1.165, 1.54) is 6.07 Å². The predicted molar refractivity (Wildman–Crippen MR) is 90.6 cm³/mol. The lowest BCUT2D eigenvalue weighted by molar-refractivity contribution is -0.385. The van der Waals surface area contributed by atoms with Gasteiger partial charge in [-0.2, -0.15) is 0 Å². The maximum Gasteiger partial charge on any atom is 0.271 e. The Bertz CT molecular complexity index is 694. The summed E-state index contributed by atoms with van der Waals surface area (Å²) in [5, 5.41) is 14.1. The Kier molecular flexibility index (Phi) is 6.52. The Morgan fingerprint density at radius 2 is 2.00 bits per heavy atom. The first-order chi connectivity index (χ1) is 10.2. The van der Waals surface area contributed by atoms with Gasteiger partial charge in [0, 0.05) is 24.7 Å². The number of nitro benzene ring substituents is 1. The molecule has 1 fully saturated rings. The number of rotatable bonds is 4. The van der Waals surface area contributed by atoms with Gasteiger partial charge in [0.1, 0.15) is 0 Å². The summed E-state index contributed by atoms with van der Waals surface area (Å²) >= 11 is 0. The van der Waals surface area contributed by atoms with E-state index in [1.807, 2.05) is 6.92 Å². The number of halogens is 1. The van der Waals surface area contributed by atoms with Crippen molar-refractivity contribution in [1.82, 2.24) is 10.0 Å². The van der Waals surface area contributed by atoms with Gasteiger partial charge in [-0.25, -0.2) is 13.1 Å². The zero-order valence-corrected chi connectivity index (χ0v) is 15.0. The zero-order chi connectivity index (χ0) is 16.5. The molecule has 1 heterocycles. The largest absolute Gasteiger partial charge is 0.315 e. The Labute approximate surface area is 142 Å². The molecule has 0 amide bonds. The maximum atomic E-state index is 12.6. The molecule has 0 radical (unpaired) electrons. The molecule has 7 nitrogen and oxygen atoms in total. The van der Waals surface area contributed by atoms with Crippen LogP contribution in [0.5, 0.6) is 0 Å². The van der Waals surface area contributed by atoms with Gasteiger partial charge < -0.3 is 5.32 Å². The van der Waals surface area contributed by atoms with Gasteiger partial charge in [0.05, 0.1) is 9.82 Å². The van der Waals surface area contributed by atoms with Gasteiger partial charge in [0.25, 0.3) is 5.69 Å². The average molecular weight is 364 g/mol. The number of hydrogen-bond acceptors (Lipinski definition) is 5. The second kappa shape index (κ2) is 7.57. The Balaban J connectivity index is 0.00000264.